The summed E-state index contributed by atoms with van der Waals surface area (Å²) in [4.78, 5) is 10.8. The van der Waals surface area contributed by atoms with Crippen LogP contribution in [0.25, 0.3) is 5.57 Å². The summed E-state index contributed by atoms with van der Waals surface area (Å²) in [5.41, 5.74) is 2.68. The average Bonchev–Trinajstić information content (AvgIpc) is 2.63. The van der Waals surface area contributed by atoms with E-state index in [1.54, 1.807) is 14.0 Å². The summed E-state index contributed by atoms with van der Waals surface area (Å²) >= 11 is 0. The molecule has 0 atom stereocenters. The Balaban J connectivity index is 2.41. The fraction of sp³-hybridized carbons (Fsp3) is 0.381. The van der Waals surface area contributed by atoms with Crippen LogP contribution >= 0.6 is 0 Å². The Bertz CT molecular complexity index is 683. The zero-order valence-electron chi connectivity index (χ0n) is 15.0. The number of rotatable bonds is 4. The summed E-state index contributed by atoms with van der Waals surface area (Å²) in [5, 5.41) is 8.87. The largest absolute Gasteiger partial charge is 0.497 e. The predicted molar refractivity (Wildman–Crippen MR) is 100 cm³/mol. The summed E-state index contributed by atoms with van der Waals surface area (Å²) in [7, 11) is 1.65. The van der Waals surface area contributed by atoms with Gasteiger partial charge >= 0.3 is 5.97 Å². The number of benzene rings is 1. The van der Waals surface area contributed by atoms with Crippen LogP contribution in [0.2, 0.25) is 0 Å². The van der Waals surface area contributed by atoms with Gasteiger partial charge in [0.1, 0.15) is 11.5 Å². The Morgan fingerprint density at radius 3 is 2.80 bits per heavy atom. The molecule has 0 saturated carbocycles. The number of hydrogen-bond donors (Lipinski definition) is 1. The average molecular weight is 342 g/mol. The van der Waals surface area contributed by atoms with Crippen LogP contribution in [-0.2, 0) is 4.79 Å². The van der Waals surface area contributed by atoms with E-state index < -0.39 is 5.97 Å². The molecule has 1 aromatic carbocycles. The molecule has 1 heterocycles. The summed E-state index contributed by atoms with van der Waals surface area (Å²) in [6, 6.07) is 5.81. The second-order valence-electron chi connectivity index (χ2n) is 6.13. The number of carboxylic acid groups (broad SMARTS) is 1. The lowest BCUT2D eigenvalue weighted by Crippen LogP contribution is -2.00. The van der Waals surface area contributed by atoms with Crippen molar-refractivity contribution < 1.29 is 19.4 Å². The lowest BCUT2D eigenvalue weighted by molar-refractivity contribution is -0.131. The molecule has 1 aromatic rings. The Kier molecular flexibility index (Phi) is 7.33. The number of carbonyl (C=O) groups is 1. The minimum absolute atomic E-state index is 0.688. The third-order valence-corrected chi connectivity index (χ3v) is 4.09. The van der Waals surface area contributed by atoms with Gasteiger partial charge in [0.25, 0.3) is 0 Å². The molecule has 0 spiro atoms. The second kappa shape index (κ2) is 9.72. The van der Waals surface area contributed by atoms with Gasteiger partial charge in [0.15, 0.2) is 0 Å². The Hall–Kier alpha value is -2.49. The monoisotopic (exact) mass is 342 g/mol. The van der Waals surface area contributed by atoms with Gasteiger partial charge in [-0.15, -0.1) is 0 Å². The van der Waals surface area contributed by atoms with Gasteiger partial charge in [-0.1, -0.05) is 31.1 Å². The Morgan fingerprint density at radius 1 is 1.24 bits per heavy atom. The zero-order chi connectivity index (χ0) is 18.1. The highest BCUT2D eigenvalue weighted by atomic mass is 16.5. The Morgan fingerprint density at radius 2 is 2.04 bits per heavy atom. The van der Waals surface area contributed by atoms with Gasteiger partial charge in [0.2, 0.25) is 0 Å². The molecule has 0 radical (unpaired) electrons. The Labute approximate surface area is 149 Å². The maximum absolute atomic E-state index is 10.8. The third-order valence-electron chi connectivity index (χ3n) is 4.09. The van der Waals surface area contributed by atoms with Crippen LogP contribution in [0, 0.1) is 0 Å². The molecular weight excluding hydrogens is 316 g/mol. The first-order valence-corrected chi connectivity index (χ1v) is 8.71. The smallest absolute Gasteiger partial charge is 0.328 e. The van der Waals surface area contributed by atoms with Gasteiger partial charge in [-0.05, 0) is 55.5 Å². The van der Waals surface area contributed by atoms with Gasteiger partial charge in [-0.3, -0.25) is 0 Å². The predicted octanol–water partition coefficient (Wildman–Crippen LogP) is 5.01. The summed E-state index contributed by atoms with van der Waals surface area (Å²) in [6.45, 7) is 2.48. The first-order chi connectivity index (χ1) is 12.1. The molecule has 25 heavy (non-hydrogen) atoms. The van der Waals surface area contributed by atoms with E-state index in [9.17, 15) is 4.79 Å². The van der Waals surface area contributed by atoms with E-state index in [-0.39, 0.29) is 0 Å². The molecule has 134 valence electrons. The molecule has 1 aliphatic rings. The van der Waals surface area contributed by atoms with Crippen molar-refractivity contribution in [2.45, 2.75) is 39.0 Å². The highest BCUT2D eigenvalue weighted by molar-refractivity contribution is 5.82. The van der Waals surface area contributed by atoms with Gasteiger partial charge in [-0.2, -0.15) is 0 Å². The standard InChI is InChI=1S/C21H26O4/c1-16(14-21(22)23)9-10-17-8-6-4-3-5-7-13-25-20-12-11-18(24-2)15-19(17)20/h8-12,14-15H,3-7,13H2,1-2H3,(H,22,23)/b10-9+,16-14+,17-8-. The number of fused-ring (bicyclic) bond motifs is 1. The molecule has 0 aliphatic carbocycles. The first kappa shape index (κ1) is 18.8. The number of aliphatic carboxylic acids is 1. The van der Waals surface area contributed by atoms with Crippen molar-refractivity contribution in [1.29, 1.82) is 0 Å². The fourth-order valence-corrected chi connectivity index (χ4v) is 2.76. The molecular formula is C21H26O4. The van der Waals surface area contributed by atoms with E-state index in [1.165, 1.54) is 18.9 Å². The molecule has 0 amide bonds. The van der Waals surface area contributed by atoms with Gasteiger partial charge in [-0.25, -0.2) is 4.79 Å². The van der Waals surface area contributed by atoms with Gasteiger partial charge in [0, 0.05) is 11.6 Å². The number of allylic oxidation sites excluding steroid dienone is 5. The van der Waals surface area contributed by atoms with Crippen molar-refractivity contribution in [3.05, 3.63) is 53.6 Å². The zero-order valence-corrected chi connectivity index (χ0v) is 15.0. The topological polar surface area (TPSA) is 55.8 Å². The number of methoxy groups -OCH3 is 1. The third kappa shape index (κ3) is 6.14. The maximum Gasteiger partial charge on any atom is 0.328 e. The van der Waals surface area contributed by atoms with Crippen LogP contribution in [-0.4, -0.2) is 24.8 Å². The molecule has 0 saturated heterocycles. The van der Waals surface area contributed by atoms with Crippen LogP contribution in [0.5, 0.6) is 11.5 Å². The van der Waals surface area contributed by atoms with Crippen molar-refractivity contribution in [3.63, 3.8) is 0 Å². The number of carboxylic acids is 1. The summed E-state index contributed by atoms with van der Waals surface area (Å²) < 4.78 is 11.3. The molecule has 4 heteroatoms. The molecule has 0 fully saturated rings. The van der Waals surface area contributed by atoms with Crippen LogP contribution in [0.15, 0.2) is 48.1 Å². The van der Waals surface area contributed by atoms with Crippen molar-refractivity contribution in [2.24, 2.45) is 0 Å². The van der Waals surface area contributed by atoms with E-state index in [1.807, 2.05) is 30.4 Å². The van der Waals surface area contributed by atoms with E-state index in [0.29, 0.717) is 12.2 Å². The van der Waals surface area contributed by atoms with Gasteiger partial charge < -0.3 is 14.6 Å². The second-order valence-corrected chi connectivity index (χ2v) is 6.13. The molecule has 1 N–H and O–H groups in total. The minimum Gasteiger partial charge on any atom is -0.497 e. The fourth-order valence-electron chi connectivity index (χ4n) is 2.76. The van der Waals surface area contributed by atoms with Crippen LogP contribution < -0.4 is 9.47 Å². The van der Waals surface area contributed by atoms with Crippen LogP contribution in [0.1, 0.15) is 44.6 Å². The number of hydrogen-bond acceptors (Lipinski definition) is 3. The summed E-state index contributed by atoms with van der Waals surface area (Å²) in [5.74, 6) is 0.664. The van der Waals surface area contributed by atoms with Crippen LogP contribution in [0.3, 0.4) is 0 Å². The lowest BCUT2D eigenvalue weighted by Gasteiger charge is -2.13. The van der Waals surface area contributed by atoms with Crippen molar-refractivity contribution in [2.75, 3.05) is 13.7 Å². The minimum atomic E-state index is -0.941. The highest BCUT2D eigenvalue weighted by Crippen LogP contribution is 2.32. The normalized spacial score (nSPS) is 18.5. The summed E-state index contributed by atoms with van der Waals surface area (Å²) in [6.07, 6.45) is 12.7. The maximum atomic E-state index is 10.8. The molecule has 0 bridgehead atoms. The first-order valence-electron chi connectivity index (χ1n) is 8.71. The van der Waals surface area contributed by atoms with Crippen molar-refractivity contribution in [3.8, 4) is 11.5 Å². The van der Waals surface area contributed by atoms with E-state index >= 15 is 0 Å². The van der Waals surface area contributed by atoms with Gasteiger partial charge in [0.05, 0.1) is 13.7 Å². The SMILES string of the molecule is COc1ccc2c(c1)C(/C=C/C(C)=C/C(=O)O)=C\CCCCCCO2. The van der Waals surface area contributed by atoms with Crippen molar-refractivity contribution >= 4 is 11.5 Å². The molecule has 0 aromatic heterocycles. The van der Waals surface area contributed by atoms with E-state index in [2.05, 4.69) is 6.08 Å². The molecule has 2 rings (SSSR count). The van der Waals surface area contributed by atoms with E-state index in [4.69, 9.17) is 14.6 Å². The molecule has 4 nitrogen and oxygen atoms in total. The van der Waals surface area contributed by atoms with Crippen LogP contribution in [0.4, 0.5) is 0 Å². The van der Waals surface area contributed by atoms with Crippen molar-refractivity contribution in [1.82, 2.24) is 0 Å². The molecule has 0 unspecified atom stereocenters. The van der Waals surface area contributed by atoms with E-state index in [0.717, 1.165) is 41.9 Å². The molecule has 1 aliphatic heterocycles. The quantitative estimate of drug-likeness (QED) is 0.617. The lowest BCUT2D eigenvalue weighted by atomic mass is 10.0. The number of ether oxygens (including phenoxy) is 2. The highest BCUT2D eigenvalue weighted by Gasteiger charge is 2.10.